The Morgan fingerprint density at radius 3 is 2.25 bits per heavy atom. The summed E-state index contributed by atoms with van der Waals surface area (Å²) in [7, 11) is 1.60. The number of hydrogen-bond acceptors (Lipinski definition) is 4. The van der Waals surface area contributed by atoms with Crippen molar-refractivity contribution in [2.75, 3.05) is 7.11 Å². The van der Waals surface area contributed by atoms with Crippen LogP contribution < -0.4 is 14.9 Å². The number of carbonyl (C=O) groups is 1. The zero-order valence-corrected chi connectivity index (χ0v) is 14.5. The quantitative estimate of drug-likeness (QED) is 0.641. The third-order valence-corrected chi connectivity index (χ3v) is 3.48. The molecule has 0 atom stereocenters. The van der Waals surface area contributed by atoms with Crippen LogP contribution in [-0.4, -0.2) is 24.8 Å². The fourth-order valence-electron chi connectivity index (χ4n) is 1.83. The second kappa shape index (κ2) is 7.84. The van der Waals surface area contributed by atoms with Crippen molar-refractivity contribution in [1.29, 1.82) is 0 Å². The van der Waals surface area contributed by atoms with Gasteiger partial charge in [0.25, 0.3) is 5.91 Å². The summed E-state index contributed by atoms with van der Waals surface area (Å²) in [5.74, 6) is 0.953. The van der Waals surface area contributed by atoms with Crippen molar-refractivity contribution in [2.24, 2.45) is 5.10 Å². The molecule has 0 unspecified atom stereocenters. The highest BCUT2D eigenvalue weighted by Gasteiger charge is 2.29. The van der Waals surface area contributed by atoms with Gasteiger partial charge >= 0.3 is 0 Å². The second-order valence-corrected chi connectivity index (χ2v) is 5.98. The Bertz CT molecular complexity index is 710. The number of hydrogen-bond donors (Lipinski definition) is 1. The highest BCUT2D eigenvalue weighted by atomic mass is 35.5. The first-order chi connectivity index (χ1) is 11.4. The van der Waals surface area contributed by atoms with E-state index in [0.29, 0.717) is 10.8 Å². The van der Waals surface area contributed by atoms with E-state index in [4.69, 9.17) is 21.1 Å². The Balaban J connectivity index is 1.94. The average Bonchev–Trinajstić information content (AvgIpc) is 2.57. The summed E-state index contributed by atoms with van der Waals surface area (Å²) in [4.78, 5) is 12.2. The van der Waals surface area contributed by atoms with Crippen LogP contribution in [0.5, 0.6) is 11.5 Å². The number of hydrazone groups is 1. The number of amides is 1. The van der Waals surface area contributed by atoms with E-state index in [1.807, 2.05) is 24.3 Å². The van der Waals surface area contributed by atoms with E-state index in [1.165, 1.54) is 0 Å². The minimum Gasteiger partial charge on any atom is -0.497 e. The second-order valence-electron chi connectivity index (χ2n) is 5.54. The normalized spacial score (nSPS) is 11.3. The van der Waals surface area contributed by atoms with E-state index >= 15 is 0 Å². The van der Waals surface area contributed by atoms with Gasteiger partial charge in [0.15, 0.2) is 5.60 Å². The molecule has 2 rings (SSSR count). The van der Waals surface area contributed by atoms with Gasteiger partial charge in [0.2, 0.25) is 0 Å². The van der Waals surface area contributed by atoms with Gasteiger partial charge in [-0.25, -0.2) is 5.43 Å². The number of methoxy groups -OCH3 is 1. The van der Waals surface area contributed by atoms with E-state index in [1.54, 1.807) is 51.4 Å². The van der Waals surface area contributed by atoms with Crippen LogP contribution in [0.1, 0.15) is 19.4 Å². The van der Waals surface area contributed by atoms with Crippen LogP contribution in [0.4, 0.5) is 0 Å². The molecule has 1 amide bonds. The zero-order valence-electron chi connectivity index (χ0n) is 13.7. The Hall–Kier alpha value is -2.53. The summed E-state index contributed by atoms with van der Waals surface area (Å²) < 4.78 is 10.8. The molecule has 0 aromatic heterocycles. The molecule has 6 heteroatoms. The average molecular weight is 347 g/mol. The first-order valence-electron chi connectivity index (χ1n) is 7.33. The molecule has 0 aliphatic rings. The summed E-state index contributed by atoms with van der Waals surface area (Å²) in [5, 5.41) is 4.56. The van der Waals surface area contributed by atoms with E-state index in [-0.39, 0.29) is 5.91 Å². The van der Waals surface area contributed by atoms with E-state index in [0.717, 1.165) is 11.3 Å². The molecule has 0 radical (unpaired) electrons. The SMILES string of the molecule is COc1ccc(/C=N\NC(=O)C(C)(C)Oc2ccc(Cl)cc2)cc1. The topological polar surface area (TPSA) is 59.9 Å². The number of ether oxygens (including phenoxy) is 2. The van der Waals surface area contributed by atoms with Gasteiger partial charge in [-0.15, -0.1) is 0 Å². The molecule has 0 spiro atoms. The van der Waals surface area contributed by atoms with Gasteiger partial charge in [-0.05, 0) is 67.9 Å². The molecule has 24 heavy (non-hydrogen) atoms. The molecule has 1 N–H and O–H groups in total. The largest absolute Gasteiger partial charge is 0.497 e. The van der Waals surface area contributed by atoms with E-state index in [2.05, 4.69) is 10.5 Å². The third kappa shape index (κ3) is 4.99. The van der Waals surface area contributed by atoms with Crippen molar-refractivity contribution >= 4 is 23.7 Å². The maximum absolute atomic E-state index is 12.2. The molecular weight excluding hydrogens is 328 g/mol. The molecule has 0 saturated heterocycles. The van der Waals surface area contributed by atoms with Crippen molar-refractivity contribution in [3.63, 3.8) is 0 Å². The lowest BCUT2D eigenvalue weighted by atomic mass is 10.1. The van der Waals surface area contributed by atoms with Crippen LogP contribution in [0.25, 0.3) is 0 Å². The first kappa shape index (κ1) is 17.8. The van der Waals surface area contributed by atoms with Gasteiger partial charge in [-0.2, -0.15) is 5.10 Å². The van der Waals surface area contributed by atoms with Crippen molar-refractivity contribution in [3.05, 3.63) is 59.1 Å². The first-order valence-corrected chi connectivity index (χ1v) is 7.70. The van der Waals surface area contributed by atoms with Gasteiger partial charge in [0.05, 0.1) is 13.3 Å². The molecule has 126 valence electrons. The van der Waals surface area contributed by atoms with Gasteiger partial charge in [-0.3, -0.25) is 4.79 Å². The monoisotopic (exact) mass is 346 g/mol. The molecule has 0 heterocycles. The fraction of sp³-hybridized carbons (Fsp3) is 0.222. The van der Waals surface area contributed by atoms with E-state index in [9.17, 15) is 4.79 Å². The number of carbonyl (C=O) groups excluding carboxylic acids is 1. The molecule has 2 aromatic rings. The van der Waals surface area contributed by atoms with Crippen LogP contribution in [0.15, 0.2) is 53.6 Å². The molecule has 5 nitrogen and oxygen atoms in total. The van der Waals surface area contributed by atoms with E-state index < -0.39 is 5.60 Å². The number of nitrogens with zero attached hydrogens (tertiary/aromatic N) is 1. The molecular formula is C18H19ClN2O3. The minimum atomic E-state index is -1.08. The van der Waals surface area contributed by atoms with Crippen LogP contribution in [-0.2, 0) is 4.79 Å². The standard InChI is InChI=1S/C18H19ClN2O3/c1-18(2,24-16-10-6-14(19)7-11-16)17(22)21-20-12-13-4-8-15(23-3)9-5-13/h4-12H,1-3H3,(H,21,22)/b20-12-. The summed E-state index contributed by atoms with van der Waals surface area (Å²) in [6.07, 6.45) is 1.55. The van der Waals surface area contributed by atoms with Crippen molar-refractivity contribution in [3.8, 4) is 11.5 Å². The van der Waals surface area contributed by atoms with Crippen LogP contribution >= 0.6 is 11.6 Å². The summed E-state index contributed by atoms with van der Waals surface area (Å²) in [5.41, 5.74) is 2.24. The number of rotatable bonds is 6. The van der Waals surface area contributed by atoms with Gasteiger partial charge in [0.1, 0.15) is 11.5 Å². The lowest BCUT2D eigenvalue weighted by Gasteiger charge is -2.24. The molecule has 0 aliphatic carbocycles. The van der Waals surface area contributed by atoms with Gasteiger partial charge in [0, 0.05) is 5.02 Å². The van der Waals surface area contributed by atoms with Gasteiger partial charge in [-0.1, -0.05) is 11.6 Å². The minimum absolute atomic E-state index is 0.359. The predicted molar refractivity (Wildman–Crippen MR) is 94.9 cm³/mol. The number of halogens is 1. The van der Waals surface area contributed by atoms with Crippen molar-refractivity contribution in [2.45, 2.75) is 19.4 Å². The Labute approximate surface area is 146 Å². The highest BCUT2D eigenvalue weighted by Crippen LogP contribution is 2.21. The predicted octanol–water partition coefficient (Wildman–Crippen LogP) is 3.66. The summed E-state index contributed by atoms with van der Waals surface area (Å²) in [6, 6.07) is 14.1. The van der Waals surface area contributed by atoms with Crippen LogP contribution in [0.3, 0.4) is 0 Å². The van der Waals surface area contributed by atoms with Gasteiger partial charge < -0.3 is 9.47 Å². The zero-order chi connectivity index (χ0) is 17.6. The lowest BCUT2D eigenvalue weighted by molar-refractivity contribution is -0.134. The Morgan fingerprint density at radius 2 is 1.67 bits per heavy atom. The molecule has 0 fully saturated rings. The molecule has 0 aliphatic heterocycles. The summed E-state index contributed by atoms with van der Waals surface area (Å²) >= 11 is 5.83. The van der Waals surface area contributed by atoms with Crippen molar-refractivity contribution < 1.29 is 14.3 Å². The maximum atomic E-state index is 12.2. The third-order valence-electron chi connectivity index (χ3n) is 3.23. The Morgan fingerprint density at radius 1 is 1.08 bits per heavy atom. The number of nitrogens with one attached hydrogen (secondary N) is 1. The number of benzene rings is 2. The smallest absolute Gasteiger partial charge is 0.283 e. The molecule has 0 saturated carbocycles. The lowest BCUT2D eigenvalue weighted by Crippen LogP contribution is -2.44. The van der Waals surface area contributed by atoms with Crippen LogP contribution in [0, 0.1) is 0 Å². The molecule has 0 bridgehead atoms. The Kier molecular flexibility index (Phi) is 5.82. The fourth-order valence-corrected chi connectivity index (χ4v) is 1.96. The highest BCUT2D eigenvalue weighted by molar-refractivity contribution is 6.30. The maximum Gasteiger partial charge on any atom is 0.283 e. The molecule has 2 aromatic carbocycles. The summed E-state index contributed by atoms with van der Waals surface area (Å²) in [6.45, 7) is 3.33. The van der Waals surface area contributed by atoms with Crippen molar-refractivity contribution in [1.82, 2.24) is 5.43 Å². The van der Waals surface area contributed by atoms with Crippen LogP contribution in [0.2, 0.25) is 5.02 Å².